The summed E-state index contributed by atoms with van der Waals surface area (Å²) in [5.74, 6) is -0.603. The number of rotatable bonds is 3. The van der Waals surface area contributed by atoms with E-state index in [1.807, 2.05) is 0 Å². The molecule has 1 atom stereocenters. The van der Waals surface area contributed by atoms with Gasteiger partial charge in [-0.05, 0) is 49.2 Å². The summed E-state index contributed by atoms with van der Waals surface area (Å²) in [5.41, 5.74) is 0.635. The lowest BCUT2D eigenvalue weighted by Crippen LogP contribution is -2.47. The molecule has 4 rings (SSSR count). The Kier molecular flexibility index (Phi) is 5.66. The fraction of sp³-hybridized carbons (Fsp3) is 0.333. The highest BCUT2D eigenvalue weighted by atomic mass is 19.4. The Hall–Kier alpha value is -3.01. The molecule has 0 saturated carbocycles. The van der Waals surface area contributed by atoms with Gasteiger partial charge in [0.15, 0.2) is 0 Å². The Morgan fingerprint density at radius 2 is 1.68 bits per heavy atom. The summed E-state index contributed by atoms with van der Waals surface area (Å²) in [6.45, 7) is -0.0679. The van der Waals surface area contributed by atoms with Crippen molar-refractivity contribution in [1.82, 2.24) is 4.90 Å². The first-order chi connectivity index (χ1) is 14.7. The summed E-state index contributed by atoms with van der Waals surface area (Å²) in [4.78, 5) is 25.3. The van der Waals surface area contributed by atoms with E-state index < -0.39 is 36.9 Å². The first-order valence-electron chi connectivity index (χ1n) is 9.74. The average molecular weight is 433 g/mol. The molecule has 1 unspecified atom stereocenters. The van der Waals surface area contributed by atoms with Crippen LogP contribution in [0.25, 0.3) is 0 Å². The fourth-order valence-electron chi connectivity index (χ4n) is 3.84. The van der Waals surface area contributed by atoms with E-state index in [1.54, 1.807) is 37.4 Å². The second-order valence-electron chi connectivity index (χ2n) is 7.57. The van der Waals surface area contributed by atoms with Crippen LogP contribution in [0.15, 0.2) is 42.5 Å². The third-order valence-corrected chi connectivity index (χ3v) is 5.23. The molecular weight excluding hydrogens is 414 g/mol. The molecule has 1 heterocycles. The molecule has 0 bridgehead atoms. The maximum absolute atomic E-state index is 13.2. The van der Waals surface area contributed by atoms with Crippen LogP contribution in [0, 0.1) is 0 Å². The van der Waals surface area contributed by atoms with Crippen molar-refractivity contribution in [2.24, 2.45) is 0 Å². The van der Waals surface area contributed by atoms with Crippen LogP contribution in [0.5, 0.6) is 5.75 Å². The largest absolute Gasteiger partial charge is 0.636 e. The molecule has 31 heavy (non-hydrogen) atoms. The number of hydrogen-bond donors (Lipinski definition) is 0. The second-order valence-corrected chi connectivity index (χ2v) is 7.57. The van der Waals surface area contributed by atoms with Gasteiger partial charge in [0.25, 0.3) is 0 Å². The Bertz CT molecular complexity index is 975. The van der Waals surface area contributed by atoms with Crippen LogP contribution in [-0.4, -0.2) is 44.1 Å². The molecule has 162 valence electrons. The predicted octanol–water partition coefficient (Wildman–Crippen LogP) is 2.50. The monoisotopic (exact) mass is 433 g/mol. The Morgan fingerprint density at radius 3 is 2.29 bits per heavy atom. The lowest BCUT2D eigenvalue weighted by Gasteiger charge is -2.22. The zero-order chi connectivity index (χ0) is 22.2. The van der Waals surface area contributed by atoms with Gasteiger partial charge in [0.05, 0.1) is 18.7 Å². The third-order valence-electron chi connectivity index (χ3n) is 5.23. The maximum atomic E-state index is 13.2. The van der Waals surface area contributed by atoms with Crippen molar-refractivity contribution in [1.29, 1.82) is 0 Å². The van der Waals surface area contributed by atoms with Crippen molar-refractivity contribution in [2.75, 3.05) is 20.1 Å². The number of nitrogens with zero attached hydrogens (tertiary/aromatic N) is 1. The normalized spacial score (nSPS) is 19.9. The summed E-state index contributed by atoms with van der Waals surface area (Å²) in [5, 5.41) is 0. The Labute approximate surface area is 177 Å². The van der Waals surface area contributed by atoms with Gasteiger partial charge in [-0.1, -0.05) is 24.3 Å². The number of halogens is 3. The summed E-state index contributed by atoms with van der Waals surface area (Å²) < 4.78 is 56.0. The van der Waals surface area contributed by atoms with Gasteiger partial charge in [-0.3, -0.25) is 14.5 Å². The van der Waals surface area contributed by atoms with Gasteiger partial charge in [0, 0.05) is 5.46 Å². The number of ether oxygens (including phenoxy) is 1. The van der Waals surface area contributed by atoms with Gasteiger partial charge >= 0.3 is 25.2 Å². The lowest BCUT2D eigenvalue weighted by molar-refractivity contribution is -0.145. The molecule has 0 radical (unpaired) electrons. The highest BCUT2D eigenvalue weighted by molar-refractivity contribution is 6.64. The molecule has 2 aromatic carbocycles. The number of likely N-dealkylation sites (N-methyl/N-ethyl adjacent to an activating group) is 1. The predicted molar refractivity (Wildman–Crippen MR) is 105 cm³/mol. The molecule has 0 N–H and O–H groups in total. The van der Waals surface area contributed by atoms with Gasteiger partial charge in [0.1, 0.15) is 11.9 Å². The number of alkyl halides is 3. The molecule has 1 fully saturated rings. The third kappa shape index (κ3) is 4.69. The number of carbonyl (C=O) groups excluding carboxylic acids is 2. The molecule has 1 aliphatic heterocycles. The highest BCUT2D eigenvalue weighted by Crippen LogP contribution is 2.42. The van der Waals surface area contributed by atoms with Crippen LogP contribution in [0.1, 0.15) is 29.2 Å². The highest BCUT2D eigenvalue weighted by Gasteiger charge is 2.38. The average Bonchev–Trinajstić information content (AvgIpc) is 3.09. The maximum Gasteiger partial charge on any atom is 0.636 e. The molecular formula is C21H19BF3NO5. The molecule has 6 nitrogen and oxygen atoms in total. The first-order valence-corrected chi connectivity index (χ1v) is 9.74. The SMILES string of the molecule is CN1CC(=O)OB(c2ccc(OC3CCc4c3cccc4C(F)(F)F)cc2)OC(=O)C1. The molecule has 2 aromatic rings. The van der Waals surface area contributed by atoms with Crippen molar-refractivity contribution in [3.8, 4) is 5.75 Å². The van der Waals surface area contributed by atoms with E-state index in [4.69, 9.17) is 14.0 Å². The van der Waals surface area contributed by atoms with Crippen LogP contribution >= 0.6 is 0 Å². The quantitative estimate of drug-likeness (QED) is 0.694. The summed E-state index contributed by atoms with van der Waals surface area (Å²) >= 11 is 0. The van der Waals surface area contributed by atoms with Crippen LogP contribution in [0.2, 0.25) is 0 Å². The molecule has 2 aliphatic rings. The summed E-state index contributed by atoms with van der Waals surface area (Å²) in [6.07, 6.45) is -4.16. The van der Waals surface area contributed by atoms with Crippen molar-refractivity contribution in [2.45, 2.75) is 25.1 Å². The van der Waals surface area contributed by atoms with Crippen molar-refractivity contribution in [3.05, 3.63) is 59.2 Å². The molecule has 10 heteroatoms. The minimum absolute atomic E-state index is 0.0339. The molecule has 1 saturated heterocycles. The van der Waals surface area contributed by atoms with E-state index in [0.717, 1.165) is 6.07 Å². The van der Waals surface area contributed by atoms with Gasteiger partial charge < -0.3 is 14.0 Å². The minimum atomic E-state index is -4.40. The summed E-state index contributed by atoms with van der Waals surface area (Å²) in [7, 11) is 0.442. The molecule has 0 amide bonds. The first kappa shape index (κ1) is 21.2. The topological polar surface area (TPSA) is 65.1 Å². The number of carbonyl (C=O) groups is 2. The minimum Gasteiger partial charge on any atom is -0.494 e. The number of fused-ring (bicyclic) bond motifs is 1. The van der Waals surface area contributed by atoms with Crippen molar-refractivity contribution >= 4 is 24.5 Å². The van der Waals surface area contributed by atoms with Gasteiger partial charge in [-0.25, -0.2) is 0 Å². The zero-order valence-electron chi connectivity index (χ0n) is 16.6. The van der Waals surface area contributed by atoms with Crippen LogP contribution in [0.3, 0.4) is 0 Å². The van der Waals surface area contributed by atoms with Crippen LogP contribution in [-0.2, 0) is 31.5 Å². The lowest BCUT2D eigenvalue weighted by atomic mass is 9.78. The smallest absolute Gasteiger partial charge is 0.494 e. The van der Waals surface area contributed by atoms with E-state index in [2.05, 4.69) is 0 Å². The van der Waals surface area contributed by atoms with Crippen LogP contribution in [0.4, 0.5) is 13.2 Å². The van der Waals surface area contributed by atoms with E-state index in [1.165, 1.54) is 11.0 Å². The van der Waals surface area contributed by atoms with Crippen molar-refractivity contribution < 1.29 is 36.8 Å². The van der Waals surface area contributed by atoms with E-state index in [0.29, 0.717) is 23.2 Å². The molecule has 0 aromatic heterocycles. The standard InChI is InChI=1S/C21H19BF3NO5/c1-26-11-19(27)30-22(31-20(28)12-26)13-5-7-14(8-6-13)29-18-10-9-15-16(18)3-2-4-17(15)21(23,24)25/h2-8,18H,9-12H2,1H3. The molecule has 1 aliphatic carbocycles. The molecule has 0 spiro atoms. The van der Waals surface area contributed by atoms with E-state index in [-0.39, 0.29) is 25.1 Å². The van der Waals surface area contributed by atoms with E-state index >= 15 is 0 Å². The summed E-state index contributed by atoms with van der Waals surface area (Å²) in [6, 6.07) is 10.5. The van der Waals surface area contributed by atoms with Gasteiger partial charge in [0.2, 0.25) is 0 Å². The van der Waals surface area contributed by atoms with Gasteiger partial charge in [-0.15, -0.1) is 0 Å². The Morgan fingerprint density at radius 1 is 1.03 bits per heavy atom. The fourth-order valence-corrected chi connectivity index (χ4v) is 3.84. The zero-order valence-corrected chi connectivity index (χ0v) is 16.6. The van der Waals surface area contributed by atoms with E-state index in [9.17, 15) is 22.8 Å². The van der Waals surface area contributed by atoms with Crippen molar-refractivity contribution in [3.63, 3.8) is 0 Å². The Balaban J connectivity index is 1.48. The number of benzene rings is 2. The second kappa shape index (κ2) is 8.26. The van der Waals surface area contributed by atoms with Crippen LogP contribution < -0.4 is 10.2 Å². The number of hydrogen-bond acceptors (Lipinski definition) is 6. The van der Waals surface area contributed by atoms with Gasteiger partial charge in [-0.2, -0.15) is 13.2 Å².